The van der Waals surface area contributed by atoms with Gasteiger partial charge in [0.05, 0.1) is 0 Å². The molecule has 66 valence electrons. The Balaban J connectivity index is 2.29. The Morgan fingerprint density at radius 2 is 2.15 bits per heavy atom. The molecule has 13 heavy (non-hydrogen) atoms. The number of aromatic nitrogens is 2. The molecule has 0 radical (unpaired) electrons. The lowest BCUT2D eigenvalue weighted by Crippen LogP contribution is -1.92. The fraction of sp³-hybridized carbons (Fsp3) is 0.300. The third-order valence-electron chi connectivity index (χ3n) is 2.47. The first kappa shape index (κ1) is 7.39. The minimum atomic E-state index is 0.577. The number of halogens is 1. The van der Waals surface area contributed by atoms with Gasteiger partial charge in [-0.15, -0.1) is 0 Å². The summed E-state index contributed by atoms with van der Waals surface area (Å²) in [5.74, 6) is 0. The van der Waals surface area contributed by atoms with Crippen LogP contribution in [0.5, 0.6) is 0 Å². The van der Waals surface area contributed by atoms with Crippen LogP contribution in [0.15, 0.2) is 24.4 Å². The zero-order valence-corrected chi connectivity index (χ0v) is 7.83. The molecule has 1 fully saturated rings. The van der Waals surface area contributed by atoms with Gasteiger partial charge in [0.25, 0.3) is 0 Å². The summed E-state index contributed by atoms with van der Waals surface area (Å²) in [7, 11) is 0. The van der Waals surface area contributed by atoms with Crippen molar-refractivity contribution < 1.29 is 0 Å². The average Bonchev–Trinajstić information content (AvgIpc) is 2.87. The van der Waals surface area contributed by atoms with Crippen molar-refractivity contribution in [2.45, 2.75) is 18.9 Å². The van der Waals surface area contributed by atoms with Crippen LogP contribution in [0.25, 0.3) is 11.0 Å². The summed E-state index contributed by atoms with van der Waals surface area (Å²) in [5, 5.41) is 1.75. The Hall–Kier alpha value is -1.02. The van der Waals surface area contributed by atoms with Crippen LogP contribution in [-0.4, -0.2) is 9.55 Å². The van der Waals surface area contributed by atoms with Crippen LogP contribution in [0.4, 0.5) is 0 Å². The van der Waals surface area contributed by atoms with E-state index in [-0.39, 0.29) is 0 Å². The number of pyridine rings is 1. The Morgan fingerprint density at radius 1 is 1.31 bits per heavy atom. The average molecular weight is 193 g/mol. The Labute approximate surface area is 81.1 Å². The molecule has 3 rings (SSSR count). The molecule has 0 amide bonds. The molecule has 3 heteroatoms. The highest BCUT2D eigenvalue weighted by atomic mass is 35.5. The Bertz CT molecular complexity index is 457. The first-order valence-corrected chi connectivity index (χ1v) is 4.85. The number of rotatable bonds is 1. The molecule has 0 unspecified atom stereocenters. The molecule has 1 aliphatic carbocycles. The highest BCUT2D eigenvalue weighted by Gasteiger charge is 2.24. The van der Waals surface area contributed by atoms with Crippen LogP contribution in [0.2, 0.25) is 5.15 Å². The summed E-state index contributed by atoms with van der Waals surface area (Å²) < 4.78 is 2.22. The van der Waals surface area contributed by atoms with E-state index in [1.807, 2.05) is 12.1 Å². The largest absolute Gasteiger partial charge is 0.329 e. The minimum Gasteiger partial charge on any atom is -0.329 e. The van der Waals surface area contributed by atoms with Gasteiger partial charge in [-0.25, -0.2) is 4.98 Å². The fourth-order valence-corrected chi connectivity index (χ4v) is 1.79. The summed E-state index contributed by atoms with van der Waals surface area (Å²) in [6, 6.07) is 6.62. The summed E-state index contributed by atoms with van der Waals surface area (Å²) in [6.45, 7) is 0. The highest BCUT2D eigenvalue weighted by Crippen LogP contribution is 2.37. The van der Waals surface area contributed by atoms with Gasteiger partial charge >= 0.3 is 0 Å². The van der Waals surface area contributed by atoms with Gasteiger partial charge in [0.15, 0.2) is 0 Å². The first-order chi connectivity index (χ1) is 6.34. The van der Waals surface area contributed by atoms with E-state index in [4.69, 9.17) is 11.6 Å². The maximum Gasteiger partial charge on any atom is 0.141 e. The molecule has 2 aromatic heterocycles. The molecule has 2 heterocycles. The molecule has 0 atom stereocenters. The number of hydrogen-bond acceptors (Lipinski definition) is 1. The van der Waals surface area contributed by atoms with E-state index in [0.717, 1.165) is 5.65 Å². The SMILES string of the molecule is Clc1ccc2ccn(C3CC3)c2n1. The van der Waals surface area contributed by atoms with Crippen molar-refractivity contribution in [1.82, 2.24) is 9.55 Å². The molecule has 0 spiro atoms. The number of hydrogen-bond donors (Lipinski definition) is 0. The Morgan fingerprint density at radius 3 is 2.92 bits per heavy atom. The lowest BCUT2D eigenvalue weighted by atomic mass is 10.3. The monoisotopic (exact) mass is 192 g/mol. The van der Waals surface area contributed by atoms with Crippen molar-refractivity contribution in [3.63, 3.8) is 0 Å². The molecule has 2 nitrogen and oxygen atoms in total. The normalized spacial score (nSPS) is 16.7. The molecule has 0 aliphatic heterocycles. The maximum atomic E-state index is 5.85. The third-order valence-corrected chi connectivity index (χ3v) is 2.68. The van der Waals surface area contributed by atoms with Crippen LogP contribution >= 0.6 is 11.6 Å². The number of fused-ring (bicyclic) bond motifs is 1. The molecular weight excluding hydrogens is 184 g/mol. The second kappa shape index (κ2) is 2.48. The van der Waals surface area contributed by atoms with Gasteiger partial charge in [-0.1, -0.05) is 11.6 Å². The smallest absolute Gasteiger partial charge is 0.141 e. The molecule has 0 saturated heterocycles. The summed E-state index contributed by atoms with van der Waals surface area (Å²) in [4.78, 5) is 4.33. The van der Waals surface area contributed by atoms with E-state index in [0.29, 0.717) is 11.2 Å². The van der Waals surface area contributed by atoms with Crippen LogP contribution in [0, 0.1) is 0 Å². The highest BCUT2D eigenvalue weighted by molar-refractivity contribution is 6.29. The van der Waals surface area contributed by atoms with Crippen LogP contribution in [0.1, 0.15) is 18.9 Å². The molecule has 0 aromatic carbocycles. The zero-order chi connectivity index (χ0) is 8.84. The van der Waals surface area contributed by atoms with Gasteiger partial charge in [-0.3, -0.25) is 0 Å². The number of nitrogens with zero attached hydrogens (tertiary/aromatic N) is 2. The second-order valence-electron chi connectivity index (χ2n) is 3.50. The van der Waals surface area contributed by atoms with E-state index in [1.165, 1.54) is 18.2 Å². The van der Waals surface area contributed by atoms with Crippen LogP contribution < -0.4 is 0 Å². The van der Waals surface area contributed by atoms with Crippen molar-refractivity contribution in [3.8, 4) is 0 Å². The van der Waals surface area contributed by atoms with E-state index in [1.54, 1.807) is 0 Å². The molecule has 0 bridgehead atoms. The summed E-state index contributed by atoms with van der Waals surface area (Å²) in [6.07, 6.45) is 4.65. The van der Waals surface area contributed by atoms with E-state index < -0.39 is 0 Å². The molecule has 1 saturated carbocycles. The van der Waals surface area contributed by atoms with Crippen molar-refractivity contribution in [2.24, 2.45) is 0 Å². The fourth-order valence-electron chi connectivity index (χ4n) is 1.65. The van der Waals surface area contributed by atoms with Crippen molar-refractivity contribution in [1.29, 1.82) is 0 Å². The van der Waals surface area contributed by atoms with E-state index in [2.05, 4.69) is 21.8 Å². The van der Waals surface area contributed by atoms with Gasteiger partial charge in [-0.05, 0) is 31.0 Å². The lowest BCUT2D eigenvalue weighted by molar-refractivity contribution is 0.766. The van der Waals surface area contributed by atoms with Gasteiger partial charge in [0.1, 0.15) is 10.8 Å². The van der Waals surface area contributed by atoms with Gasteiger partial charge in [-0.2, -0.15) is 0 Å². The molecule has 0 N–H and O–H groups in total. The molecule has 2 aromatic rings. The van der Waals surface area contributed by atoms with Gasteiger partial charge in [0, 0.05) is 17.6 Å². The van der Waals surface area contributed by atoms with Gasteiger partial charge < -0.3 is 4.57 Å². The van der Waals surface area contributed by atoms with Gasteiger partial charge in [0.2, 0.25) is 0 Å². The summed E-state index contributed by atoms with van der Waals surface area (Å²) >= 11 is 5.85. The van der Waals surface area contributed by atoms with Crippen LogP contribution in [0.3, 0.4) is 0 Å². The van der Waals surface area contributed by atoms with Crippen molar-refractivity contribution in [3.05, 3.63) is 29.5 Å². The zero-order valence-electron chi connectivity index (χ0n) is 7.07. The standard InChI is InChI=1S/C10H9ClN2/c11-9-4-1-7-5-6-13(8-2-3-8)10(7)12-9/h1,4-6,8H,2-3H2. The van der Waals surface area contributed by atoms with E-state index >= 15 is 0 Å². The third kappa shape index (κ3) is 1.13. The molecular formula is C10H9ClN2. The first-order valence-electron chi connectivity index (χ1n) is 4.48. The molecule has 1 aliphatic rings. The minimum absolute atomic E-state index is 0.577. The predicted molar refractivity (Wildman–Crippen MR) is 53.0 cm³/mol. The summed E-state index contributed by atoms with van der Waals surface area (Å²) in [5.41, 5.74) is 1.02. The predicted octanol–water partition coefficient (Wildman–Crippen LogP) is 3.02. The quantitative estimate of drug-likeness (QED) is 0.636. The second-order valence-corrected chi connectivity index (χ2v) is 3.89. The van der Waals surface area contributed by atoms with E-state index in [9.17, 15) is 0 Å². The van der Waals surface area contributed by atoms with Crippen molar-refractivity contribution >= 4 is 22.6 Å². The maximum absolute atomic E-state index is 5.85. The van der Waals surface area contributed by atoms with Crippen molar-refractivity contribution in [2.75, 3.05) is 0 Å². The Kier molecular flexibility index (Phi) is 1.41. The lowest BCUT2D eigenvalue weighted by Gasteiger charge is -2.00. The van der Waals surface area contributed by atoms with Crippen LogP contribution in [-0.2, 0) is 0 Å². The topological polar surface area (TPSA) is 17.8 Å².